The highest BCUT2D eigenvalue weighted by molar-refractivity contribution is 5.30. The smallest absolute Gasteiger partial charge is 0.131 e. The van der Waals surface area contributed by atoms with Crippen LogP contribution in [0.3, 0.4) is 0 Å². The predicted octanol–water partition coefficient (Wildman–Crippen LogP) is 1.36. The van der Waals surface area contributed by atoms with Crippen molar-refractivity contribution in [3.63, 3.8) is 0 Å². The molecule has 0 fully saturated rings. The Kier molecular flexibility index (Phi) is 3.22. The fraction of sp³-hybridized carbons (Fsp3) is 0.333. The second-order valence-corrected chi connectivity index (χ2v) is 2.78. The van der Waals surface area contributed by atoms with Crippen LogP contribution in [0.4, 0.5) is 4.39 Å². The van der Waals surface area contributed by atoms with Gasteiger partial charge in [0.2, 0.25) is 0 Å². The molecule has 0 aromatic heterocycles. The van der Waals surface area contributed by atoms with E-state index < -0.39 is 0 Å². The van der Waals surface area contributed by atoms with Crippen LogP contribution >= 0.6 is 0 Å². The number of hydrogen-bond acceptors (Lipinski definition) is 3. The lowest BCUT2D eigenvalue weighted by Gasteiger charge is -2.11. The lowest BCUT2D eigenvalue weighted by Crippen LogP contribution is -2.26. The lowest BCUT2D eigenvalue weighted by molar-refractivity contribution is 0.409. The van der Waals surface area contributed by atoms with Crippen LogP contribution in [-0.2, 0) is 0 Å². The number of benzene rings is 1. The van der Waals surface area contributed by atoms with Crippen LogP contribution in [0.15, 0.2) is 18.2 Å². The number of ether oxygens (including phenoxy) is 1. The Morgan fingerprint density at radius 3 is 2.69 bits per heavy atom. The molecule has 0 amide bonds. The van der Waals surface area contributed by atoms with Gasteiger partial charge in [-0.3, -0.25) is 11.3 Å². The Morgan fingerprint density at radius 2 is 2.23 bits per heavy atom. The van der Waals surface area contributed by atoms with Gasteiger partial charge in [0, 0.05) is 17.7 Å². The largest absolute Gasteiger partial charge is 0.497 e. The molecule has 1 aromatic carbocycles. The Labute approximate surface area is 76.7 Å². The zero-order valence-corrected chi connectivity index (χ0v) is 7.67. The number of rotatable bonds is 3. The van der Waals surface area contributed by atoms with Crippen LogP contribution in [0.1, 0.15) is 18.5 Å². The van der Waals surface area contributed by atoms with Crippen molar-refractivity contribution in [1.82, 2.24) is 5.43 Å². The SMILES string of the molecule is COc1ccc([C@@H](C)NN)c(F)c1. The summed E-state index contributed by atoms with van der Waals surface area (Å²) in [4.78, 5) is 0. The van der Waals surface area contributed by atoms with Gasteiger partial charge >= 0.3 is 0 Å². The van der Waals surface area contributed by atoms with Gasteiger partial charge in [-0.15, -0.1) is 0 Å². The molecule has 0 heterocycles. The van der Waals surface area contributed by atoms with Crippen molar-refractivity contribution in [1.29, 1.82) is 0 Å². The summed E-state index contributed by atoms with van der Waals surface area (Å²) in [6.07, 6.45) is 0. The fourth-order valence-electron chi connectivity index (χ4n) is 1.08. The molecule has 0 saturated carbocycles. The Bertz CT molecular complexity index is 291. The number of nitrogens with two attached hydrogens (primary N) is 1. The minimum Gasteiger partial charge on any atom is -0.497 e. The van der Waals surface area contributed by atoms with Crippen molar-refractivity contribution < 1.29 is 9.13 Å². The van der Waals surface area contributed by atoms with Gasteiger partial charge < -0.3 is 4.74 Å². The van der Waals surface area contributed by atoms with E-state index in [0.717, 1.165) is 0 Å². The Hall–Kier alpha value is -1.13. The van der Waals surface area contributed by atoms with Crippen molar-refractivity contribution in [2.45, 2.75) is 13.0 Å². The fourth-order valence-corrected chi connectivity index (χ4v) is 1.08. The molecular formula is C9H13FN2O. The van der Waals surface area contributed by atoms with Gasteiger partial charge in [-0.2, -0.15) is 0 Å². The molecular weight excluding hydrogens is 171 g/mol. The van der Waals surface area contributed by atoms with E-state index in [9.17, 15) is 4.39 Å². The molecule has 1 rings (SSSR count). The molecule has 72 valence electrons. The third-order valence-electron chi connectivity index (χ3n) is 1.92. The van der Waals surface area contributed by atoms with Gasteiger partial charge in [-0.25, -0.2) is 4.39 Å². The summed E-state index contributed by atoms with van der Waals surface area (Å²) in [7, 11) is 1.50. The van der Waals surface area contributed by atoms with E-state index in [-0.39, 0.29) is 11.9 Å². The van der Waals surface area contributed by atoms with E-state index in [0.29, 0.717) is 11.3 Å². The van der Waals surface area contributed by atoms with Gasteiger partial charge in [-0.05, 0) is 13.0 Å². The van der Waals surface area contributed by atoms with Crippen molar-refractivity contribution in [2.24, 2.45) is 5.84 Å². The van der Waals surface area contributed by atoms with E-state index in [1.165, 1.54) is 13.2 Å². The lowest BCUT2D eigenvalue weighted by atomic mass is 10.1. The molecule has 4 heteroatoms. The third-order valence-corrected chi connectivity index (χ3v) is 1.92. The molecule has 1 aromatic rings. The van der Waals surface area contributed by atoms with Crippen LogP contribution in [0, 0.1) is 5.82 Å². The minimum atomic E-state index is -0.315. The number of halogens is 1. The second kappa shape index (κ2) is 4.20. The van der Waals surface area contributed by atoms with Crippen LogP contribution in [0.25, 0.3) is 0 Å². The quantitative estimate of drug-likeness (QED) is 0.550. The first-order valence-corrected chi connectivity index (χ1v) is 3.98. The van der Waals surface area contributed by atoms with E-state index in [4.69, 9.17) is 10.6 Å². The average molecular weight is 184 g/mol. The maximum Gasteiger partial charge on any atom is 0.131 e. The molecule has 13 heavy (non-hydrogen) atoms. The first-order valence-electron chi connectivity index (χ1n) is 3.98. The van der Waals surface area contributed by atoms with Gasteiger partial charge in [0.1, 0.15) is 11.6 Å². The molecule has 0 bridgehead atoms. The standard InChI is InChI=1S/C9H13FN2O/c1-6(12-11)8-4-3-7(13-2)5-9(8)10/h3-6,12H,11H2,1-2H3/t6-/m1/s1. The van der Waals surface area contributed by atoms with Crippen LogP contribution in [0.2, 0.25) is 0 Å². The van der Waals surface area contributed by atoms with Crippen molar-refractivity contribution in [3.8, 4) is 5.75 Å². The predicted molar refractivity (Wildman–Crippen MR) is 48.7 cm³/mol. The van der Waals surface area contributed by atoms with Gasteiger partial charge in [0.05, 0.1) is 7.11 Å². The first kappa shape index (κ1) is 9.95. The topological polar surface area (TPSA) is 47.3 Å². The summed E-state index contributed by atoms with van der Waals surface area (Å²) in [6.45, 7) is 1.78. The van der Waals surface area contributed by atoms with E-state index in [1.807, 2.05) is 0 Å². The molecule has 0 aliphatic heterocycles. The first-order chi connectivity index (χ1) is 6.19. The third kappa shape index (κ3) is 2.17. The molecule has 0 saturated heterocycles. The van der Waals surface area contributed by atoms with E-state index in [2.05, 4.69) is 5.43 Å². The highest BCUT2D eigenvalue weighted by Crippen LogP contribution is 2.20. The molecule has 0 unspecified atom stereocenters. The molecule has 0 radical (unpaired) electrons. The number of hydrogen-bond donors (Lipinski definition) is 2. The van der Waals surface area contributed by atoms with Gasteiger partial charge in [0.25, 0.3) is 0 Å². The average Bonchev–Trinajstić information content (AvgIpc) is 2.16. The maximum absolute atomic E-state index is 13.3. The summed E-state index contributed by atoms with van der Waals surface area (Å²) in [6, 6.07) is 4.49. The summed E-state index contributed by atoms with van der Waals surface area (Å²) in [5.41, 5.74) is 3.01. The van der Waals surface area contributed by atoms with Crippen LogP contribution in [0.5, 0.6) is 5.75 Å². The normalized spacial score (nSPS) is 12.6. The van der Waals surface area contributed by atoms with Crippen molar-refractivity contribution >= 4 is 0 Å². The summed E-state index contributed by atoms with van der Waals surface area (Å²) < 4.78 is 18.2. The molecule has 0 aliphatic rings. The highest BCUT2D eigenvalue weighted by atomic mass is 19.1. The highest BCUT2D eigenvalue weighted by Gasteiger charge is 2.09. The van der Waals surface area contributed by atoms with E-state index >= 15 is 0 Å². The molecule has 3 nitrogen and oxygen atoms in total. The molecule has 0 spiro atoms. The molecule has 3 N–H and O–H groups in total. The monoisotopic (exact) mass is 184 g/mol. The van der Waals surface area contributed by atoms with Crippen LogP contribution in [-0.4, -0.2) is 7.11 Å². The number of nitrogens with one attached hydrogen (secondary N) is 1. The summed E-state index contributed by atoms with van der Waals surface area (Å²) in [5, 5.41) is 0. The van der Waals surface area contributed by atoms with Crippen LogP contribution < -0.4 is 16.0 Å². The Morgan fingerprint density at radius 1 is 1.54 bits per heavy atom. The minimum absolute atomic E-state index is 0.203. The zero-order valence-electron chi connectivity index (χ0n) is 7.67. The van der Waals surface area contributed by atoms with Gasteiger partial charge in [-0.1, -0.05) is 6.07 Å². The molecule has 0 aliphatic carbocycles. The van der Waals surface area contributed by atoms with E-state index in [1.54, 1.807) is 19.1 Å². The van der Waals surface area contributed by atoms with Crippen molar-refractivity contribution in [2.75, 3.05) is 7.11 Å². The number of methoxy groups -OCH3 is 1. The summed E-state index contributed by atoms with van der Waals surface area (Å²) in [5.74, 6) is 5.39. The van der Waals surface area contributed by atoms with Gasteiger partial charge in [0.15, 0.2) is 0 Å². The second-order valence-electron chi connectivity index (χ2n) is 2.78. The van der Waals surface area contributed by atoms with Crippen molar-refractivity contribution in [3.05, 3.63) is 29.6 Å². The number of hydrazine groups is 1. The Balaban J connectivity index is 2.98. The molecule has 1 atom stereocenters. The summed E-state index contributed by atoms with van der Waals surface area (Å²) >= 11 is 0. The maximum atomic E-state index is 13.3. The zero-order chi connectivity index (χ0) is 9.84.